The number of aromatic amines is 1. The molecule has 1 rings (SSSR count). The molecule has 1 aromatic heterocycles. The summed E-state index contributed by atoms with van der Waals surface area (Å²) >= 11 is 0. The third-order valence-corrected chi connectivity index (χ3v) is 3.46. The lowest BCUT2D eigenvalue weighted by molar-refractivity contribution is 0.889. The maximum Gasteiger partial charge on any atom is 0.259 e. The van der Waals surface area contributed by atoms with Crippen LogP contribution < -0.4 is 16.1 Å². The first-order valence-electron chi connectivity index (χ1n) is 4.81. The molecule has 0 atom stereocenters. The van der Waals surface area contributed by atoms with Gasteiger partial charge in [0.15, 0.2) is 5.16 Å². The second-order valence-corrected chi connectivity index (χ2v) is 8.15. The molecule has 15 heavy (non-hydrogen) atoms. The van der Waals surface area contributed by atoms with E-state index in [1.807, 2.05) is 19.9 Å². The number of aromatic nitrogens is 2. The summed E-state index contributed by atoms with van der Waals surface area (Å²) in [6, 6.07) is 0. The fourth-order valence-electron chi connectivity index (χ4n) is 1.27. The Kier molecular flexibility index (Phi) is 3.39. The van der Waals surface area contributed by atoms with Crippen molar-refractivity contribution in [3.05, 3.63) is 20.9 Å². The maximum absolute atomic E-state index is 11.8. The van der Waals surface area contributed by atoms with Crippen LogP contribution in [0.15, 0.2) is 9.95 Å². The molecule has 0 aliphatic rings. The van der Waals surface area contributed by atoms with Crippen LogP contribution in [0, 0.1) is 0 Å². The summed E-state index contributed by atoms with van der Waals surface area (Å²) in [6.45, 7) is 3.75. The minimum absolute atomic E-state index is 0.0435. The van der Waals surface area contributed by atoms with Gasteiger partial charge in [-0.05, 0) is 32.6 Å². The topological polar surface area (TPSA) is 45.8 Å². The highest BCUT2D eigenvalue weighted by Crippen LogP contribution is 2.40. The largest absolute Gasteiger partial charge is 0.302 e. The molecule has 0 unspecified atom stereocenters. The fraction of sp³-hybridized carbons (Fsp3) is 0.455. The van der Waals surface area contributed by atoms with Crippen molar-refractivity contribution in [2.75, 3.05) is 18.8 Å². The standard InChI is InChI=1S/C11H18N2OS/c1-6-8-9(7-2)12-11(13-10(8)14)15(3,4)5/h6-7H,1-5H3,(H,12,13,14). The van der Waals surface area contributed by atoms with Gasteiger partial charge in [0.25, 0.3) is 5.56 Å². The normalized spacial score (nSPS) is 15.8. The molecule has 0 amide bonds. The highest BCUT2D eigenvalue weighted by molar-refractivity contribution is 8.32. The monoisotopic (exact) mass is 226 g/mol. The summed E-state index contributed by atoms with van der Waals surface area (Å²) in [5, 5.41) is 2.25. The zero-order valence-corrected chi connectivity index (χ0v) is 10.7. The van der Waals surface area contributed by atoms with Crippen LogP contribution in [0.4, 0.5) is 0 Å². The zero-order valence-electron chi connectivity index (χ0n) is 9.92. The van der Waals surface area contributed by atoms with E-state index in [1.165, 1.54) is 0 Å². The first-order chi connectivity index (χ1) is 6.90. The van der Waals surface area contributed by atoms with Gasteiger partial charge in [0.1, 0.15) is 0 Å². The molecule has 0 aliphatic heterocycles. The van der Waals surface area contributed by atoms with Gasteiger partial charge in [0.2, 0.25) is 0 Å². The molecule has 0 saturated heterocycles. The van der Waals surface area contributed by atoms with Crippen LogP contribution in [-0.4, -0.2) is 28.7 Å². The fourth-order valence-corrected chi connectivity index (χ4v) is 2.04. The number of rotatable bonds is 1. The molecule has 3 nitrogen and oxygen atoms in total. The third-order valence-electron chi connectivity index (χ3n) is 2.11. The van der Waals surface area contributed by atoms with E-state index >= 15 is 0 Å². The Balaban J connectivity index is 3.71. The zero-order chi connectivity index (χ0) is 11.6. The smallest absolute Gasteiger partial charge is 0.259 e. The van der Waals surface area contributed by atoms with Gasteiger partial charge in [-0.3, -0.25) is 4.79 Å². The van der Waals surface area contributed by atoms with Crippen LogP contribution >= 0.6 is 10.0 Å². The number of hydrogen-bond acceptors (Lipinski definition) is 2. The van der Waals surface area contributed by atoms with E-state index < -0.39 is 10.0 Å². The molecule has 84 valence electrons. The van der Waals surface area contributed by atoms with Gasteiger partial charge in [-0.1, -0.05) is 12.2 Å². The lowest BCUT2D eigenvalue weighted by Crippen LogP contribution is -2.43. The van der Waals surface area contributed by atoms with E-state index in [9.17, 15) is 4.79 Å². The van der Waals surface area contributed by atoms with Crippen molar-refractivity contribution in [3.8, 4) is 0 Å². The highest BCUT2D eigenvalue weighted by atomic mass is 32.3. The van der Waals surface area contributed by atoms with Crippen molar-refractivity contribution in [3.63, 3.8) is 0 Å². The van der Waals surface area contributed by atoms with E-state index in [1.54, 1.807) is 6.08 Å². The van der Waals surface area contributed by atoms with Crippen LogP contribution in [0.1, 0.15) is 13.8 Å². The lowest BCUT2D eigenvalue weighted by Gasteiger charge is -2.23. The Morgan fingerprint density at radius 2 is 1.80 bits per heavy atom. The molecule has 1 N–H and O–H groups in total. The van der Waals surface area contributed by atoms with Crippen LogP contribution in [0.25, 0.3) is 12.2 Å². The minimum atomic E-state index is -0.983. The molecule has 0 spiro atoms. The lowest BCUT2D eigenvalue weighted by atomic mass is 10.3. The Hall–Kier alpha value is -1.03. The van der Waals surface area contributed by atoms with Gasteiger partial charge in [-0.25, -0.2) is 4.98 Å². The van der Waals surface area contributed by atoms with Gasteiger partial charge < -0.3 is 4.98 Å². The molecule has 0 bridgehead atoms. The summed E-state index contributed by atoms with van der Waals surface area (Å²) in [6.07, 6.45) is 10.0. The maximum atomic E-state index is 11.8. The highest BCUT2D eigenvalue weighted by Gasteiger charge is 2.11. The quantitative estimate of drug-likeness (QED) is 0.706. The summed E-state index contributed by atoms with van der Waals surface area (Å²) in [5.41, 5.74) is -0.0435. The third kappa shape index (κ3) is 2.50. The number of nitrogens with one attached hydrogen (secondary N) is 1. The number of H-pyrrole nitrogens is 1. The molecule has 1 heterocycles. The summed E-state index contributed by atoms with van der Waals surface area (Å²) in [5.74, 6) is 0. The van der Waals surface area contributed by atoms with Gasteiger partial charge in [0, 0.05) is 0 Å². The van der Waals surface area contributed by atoms with Gasteiger partial charge in [0.05, 0.1) is 10.6 Å². The van der Waals surface area contributed by atoms with E-state index in [4.69, 9.17) is 0 Å². The Bertz CT molecular complexity index is 523. The van der Waals surface area contributed by atoms with Gasteiger partial charge in [-0.15, -0.1) is 0 Å². The van der Waals surface area contributed by atoms with E-state index in [-0.39, 0.29) is 5.56 Å². The van der Waals surface area contributed by atoms with E-state index in [2.05, 4.69) is 28.7 Å². The first-order valence-corrected chi connectivity index (χ1v) is 7.67. The molecule has 1 aromatic rings. The van der Waals surface area contributed by atoms with Crippen LogP contribution in [0.3, 0.4) is 0 Å². The summed E-state index contributed by atoms with van der Waals surface area (Å²) < 4.78 is 0. The Morgan fingerprint density at radius 3 is 2.20 bits per heavy atom. The average Bonchev–Trinajstić information content (AvgIpc) is 2.15. The van der Waals surface area contributed by atoms with E-state index in [0.717, 1.165) is 10.5 Å². The number of nitrogens with zero attached hydrogens (tertiary/aromatic N) is 1. The van der Waals surface area contributed by atoms with Crippen molar-refractivity contribution >= 4 is 22.2 Å². The Labute approximate surface area is 91.3 Å². The molecule has 0 radical (unpaired) electrons. The SMILES string of the molecule is CC=c1nc(S(C)(C)C)[nH]c(=O)c1=CC. The second-order valence-electron chi connectivity index (χ2n) is 4.08. The average molecular weight is 226 g/mol. The molecule has 0 aliphatic carbocycles. The van der Waals surface area contributed by atoms with Crippen molar-refractivity contribution in [1.82, 2.24) is 9.97 Å². The van der Waals surface area contributed by atoms with Crippen LogP contribution in [0.5, 0.6) is 0 Å². The van der Waals surface area contributed by atoms with E-state index in [0.29, 0.717) is 5.22 Å². The molecule has 0 aromatic carbocycles. The van der Waals surface area contributed by atoms with Crippen molar-refractivity contribution in [2.45, 2.75) is 19.0 Å². The predicted octanol–water partition coefficient (Wildman–Crippen LogP) is 0.424. The van der Waals surface area contributed by atoms with Crippen LogP contribution in [0.2, 0.25) is 0 Å². The summed E-state index contributed by atoms with van der Waals surface area (Å²) in [4.78, 5) is 19.1. The second kappa shape index (κ2) is 4.23. The molecular formula is C11H18N2OS. The van der Waals surface area contributed by atoms with Crippen molar-refractivity contribution in [1.29, 1.82) is 0 Å². The molecule has 0 fully saturated rings. The van der Waals surface area contributed by atoms with Gasteiger partial charge in [-0.2, -0.15) is 10.0 Å². The molecule has 0 saturated carbocycles. The first kappa shape index (κ1) is 12.0. The Morgan fingerprint density at radius 1 is 1.20 bits per heavy atom. The van der Waals surface area contributed by atoms with Crippen molar-refractivity contribution in [2.24, 2.45) is 0 Å². The van der Waals surface area contributed by atoms with Crippen LogP contribution in [-0.2, 0) is 0 Å². The molecule has 4 heteroatoms. The summed E-state index contributed by atoms with van der Waals surface area (Å²) in [7, 11) is -0.983. The number of hydrogen-bond donors (Lipinski definition) is 1. The minimum Gasteiger partial charge on any atom is -0.302 e. The predicted molar refractivity (Wildman–Crippen MR) is 68.0 cm³/mol. The molecular weight excluding hydrogens is 208 g/mol. The van der Waals surface area contributed by atoms with Crippen molar-refractivity contribution < 1.29 is 0 Å². The van der Waals surface area contributed by atoms with Gasteiger partial charge >= 0.3 is 0 Å².